The minimum atomic E-state index is -0.600. The lowest BCUT2D eigenvalue weighted by molar-refractivity contribution is -0.121. The van der Waals surface area contributed by atoms with E-state index in [1.165, 1.54) is 17.4 Å². The van der Waals surface area contributed by atoms with Gasteiger partial charge in [-0.2, -0.15) is 0 Å². The third kappa shape index (κ3) is 3.30. The second-order valence-corrected chi connectivity index (χ2v) is 6.40. The number of rotatable bonds is 4. The second kappa shape index (κ2) is 6.83. The summed E-state index contributed by atoms with van der Waals surface area (Å²) in [4.78, 5) is 41.9. The van der Waals surface area contributed by atoms with Crippen LogP contribution in [0.15, 0.2) is 29.0 Å². The molecule has 1 aliphatic heterocycles. The van der Waals surface area contributed by atoms with Gasteiger partial charge in [0, 0.05) is 6.54 Å². The van der Waals surface area contributed by atoms with Gasteiger partial charge in [0.2, 0.25) is 5.91 Å². The van der Waals surface area contributed by atoms with Crippen molar-refractivity contribution in [2.45, 2.75) is 25.3 Å². The molecule has 1 atom stereocenters. The zero-order chi connectivity index (χ0) is 17.1. The number of aromatic nitrogens is 1. The number of carbonyl (C=O) groups is 3. The molecule has 126 valence electrons. The predicted octanol–water partition coefficient (Wildman–Crippen LogP) is 1.47. The van der Waals surface area contributed by atoms with E-state index in [-0.39, 0.29) is 27.6 Å². The van der Waals surface area contributed by atoms with Crippen molar-refractivity contribution in [3.8, 4) is 0 Å². The van der Waals surface area contributed by atoms with Crippen LogP contribution in [0.4, 0.5) is 5.13 Å². The zero-order valence-electron chi connectivity index (χ0n) is 12.7. The highest BCUT2D eigenvalue weighted by molar-refractivity contribution is 7.17. The van der Waals surface area contributed by atoms with Crippen LogP contribution in [0.2, 0.25) is 0 Å². The number of carbonyl (C=O) groups excluding carboxylic acids is 3. The Kier molecular flexibility index (Phi) is 4.61. The first-order valence-electron chi connectivity index (χ1n) is 7.47. The van der Waals surface area contributed by atoms with Crippen LogP contribution in [0.25, 0.3) is 0 Å². The van der Waals surface area contributed by atoms with Gasteiger partial charge in [0.1, 0.15) is 10.9 Å². The number of nitrogens with one attached hydrogen (secondary N) is 1. The standard InChI is InChI=1S/C15H16N4O4S/c16-12(20)11-8-17-15(24-11)18-13(21)9-4-1-2-6-19(9)14(22)10-5-3-7-23-10/h3,5,7-9H,1-2,4,6H2,(H2,16,20)(H,17,18,21)/t9-/m1/s1. The van der Waals surface area contributed by atoms with Gasteiger partial charge in [-0.15, -0.1) is 0 Å². The monoisotopic (exact) mass is 348 g/mol. The van der Waals surface area contributed by atoms with Gasteiger partial charge in [-0.3, -0.25) is 14.4 Å². The maximum absolute atomic E-state index is 12.5. The van der Waals surface area contributed by atoms with Crippen LogP contribution in [0, 0.1) is 0 Å². The normalized spacial score (nSPS) is 17.5. The Morgan fingerprint density at radius 3 is 2.88 bits per heavy atom. The Morgan fingerprint density at radius 2 is 2.21 bits per heavy atom. The van der Waals surface area contributed by atoms with Crippen LogP contribution in [0.3, 0.4) is 0 Å². The van der Waals surface area contributed by atoms with Gasteiger partial charge in [0.05, 0.1) is 12.5 Å². The van der Waals surface area contributed by atoms with E-state index >= 15 is 0 Å². The molecule has 2 aromatic rings. The highest BCUT2D eigenvalue weighted by Crippen LogP contribution is 2.23. The number of nitrogens with zero attached hydrogens (tertiary/aromatic N) is 2. The molecule has 1 saturated heterocycles. The number of likely N-dealkylation sites (tertiary alicyclic amines) is 1. The average Bonchev–Trinajstić information content (AvgIpc) is 3.26. The Bertz CT molecular complexity index is 755. The number of hydrogen-bond acceptors (Lipinski definition) is 6. The van der Waals surface area contributed by atoms with Crippen molar-refractivity contribution in [3.05, 3.63) is 35.2 Å². The molecule has 8 nitrogen and oxygen atoms in total. The van der Waals surface area contributed by atoms with Gasteiger partial charge in [0.25, 0.3) is 11.8 Å². The van der Waals surface area contributed by atoms with Crippen LogP contribution < -0.4 is 11.1 Å². The zero-order valence-corrected chi connectivity index (χ0v) is 13.5. The lowest BCUT2D eigenvalue weighted by Crippen LogP contribution is -2.49. The molecule has 3 rings (SSSR count). The number of amides is 3. The predicted molar refractivity (Wildman–Crippen MR) is 86.6 cm³/mol. The topological polar surface area (TPSA) is 119 Å². The van der Waals surface area contributed by atoms with Crippen LogP contribution in [0.1, 0.15) is 39.5 Å². The Balaban J connectivity index is 1.73. The summed E-state index contributed by atoms with van der Waals surface area (Å²) in [6.45, 7) is 0.488. The number of piperidine rings is 1. The van der Waals surface area contributed by atoms with Gasteiger partial charge in [-0.1, -0.05) is 11.3 Å². The Hall–Kier alpha value is -2.68. The molecule has 0 aliphatic carbocycles. The van der Waals surface area contributed by atoms with E-state index in [9.17, 15) is 14.4 Å². The fourth-order valence-corrected chi connectivity index (χ4v) is 3.29. The highest BCUT2D eigenvalue weighted by atomic mass is 32.1. The first-order valence-corrected chi connectivity index (χ1v) is 8.29. The number of thiazole rings is 1. The number of nitrogens with two attached hydrogens (primary N) is 1. The van der Waals surface area contributed by atoms with Crippen molar-refractivity contribution in [1.29, 1.82) is 0 Å². The first-order chi connectivity index (χ1) is 11.6. The molecule has 3 heterocycles. The minimum absolute atomic E-state index is 0.208. The lowest BCUT2D eigenvalue weighted by Gasteiger charge is -2.33. The molecule has 3 N–H and O–H groups in total. The van der Waals surface area contributed by atoms with E-state index in [1.807, 2.05) is 0 Å². The van der Waals surface area contributed by atoms with Crippen molar-refractivity contribution in [2.24, 2.45) is 5.73 Å². The van der Waals surface area contributed by atoms with Crippen molar-refractivity contribution in [2.75, 3.05) is 11.9 Å². The maximum Gasteiger partial charge on any atom is 0.290 e. The van der Waals surface area contributed by atoms with Crippen LogP contribution >= 0.6 is 11.3 Å². The van der Waals surface area contributed by atoms with Gasteiger partial charge < -0.3 is 20.4 Å². The molecule has 2 aromatic heterocycles. The summed E-state index contributed by atoms with van der Waals surface area (Å²) < 4.78 is 5.14. The highest BCUT2D eigenvalue weighted by Gasteiger charge is 2.34. The molecular formula is C15H16N4O4S. The number of hydrogen-bond donors (Lipinski definition) is 2. The molecule has 0 saturated carbocycles. The van der Waals surface area contributed by atoms with E-state index in [2.05, 4.69) is 10.3 Å². The molecule has 9 heteroatoms. The molecule has 3 amide bonds. The van der Waals surface area contributed by atoms with Gasteiger partial charge in [-0.05, 0) is 31.4 Å². The molecule has 1 fully saturated rings. The van der Waals surface area contributed by atoms with Crippen molar-refractivity contribution in [1.82, 2.24) is 9.88 Å². The third-order valence-electron chi connectivity index (χ3n) is 3.78. The summed E-state index contributed by atoms with van der Waals surface area (Å²) in [6.07, 6.45) is 4.98. The number of anilines is 1. The fourth-order valence-electron chi connectivity index (χ4n) is 2.62. The van der Waals surface area contributed by atoms with E-state index < -0.39 is 11.9 Å². The smallest absolute Gasteiger partial charge is 0.290 e. The average molecular weight is 348 g/mol. The number of primary amides is 1. The van der Waals surface area contributed by atoms with Crippen molar-refractivity contribution >= 4 is 34.2 Å². The van der Waals surface area contributed by atoms with Crippen molar-refractivity contribution in [3.63, 3.8) is 0 Å². The number of furan rings is 1. The Morgan fingerprint density at radius 1 is 1.38 bits per heavy atom. The molecular weight excluding hydrogens is 332 g/mol. The molecule has 0 radical (unpaired) electrons. The van der Waals surface area contributed by atoms with E-state index in [0.717, 1.165) is 24.2 Å². The lowest BCUT2D eigenvalue weighted by atomic mass is 10.0. The molecule has 0 unspecified atom stereocenters. The van der Waals surface area contributed by atoms with Gasteiger partial charge in [-0.25, -0.2) is 4.98 Å². The van der Waals surface area contributed by atoms with E-state index in [4.69, 9.17) is 10.2 Å². The largest absolute Gasteiger partial charge is 0.459 e. The van der Waals surface area contributed by atoms with Crippen LogP contribution in [-0.2, 0) is 4.79 Å². The summed E-state index contributed by atoms with van der Waals surface area (Å²) in [6, 6.07) is 2.61. The van der Waals surface area contributed by atoms with Crippen molar-refractivity contribution < 1.29 is 18.8 Å². The molecule has 0 aromatic carbocycles. The minimum Gasteiger partial charge on any atom is -0.459 e. The fraction of sp³-hybridized carbons (Fsp3) is 0.333. The molecule has 1 aliphatic rings. The summed E-state index contributed by atoms with van der Waals surface area (Å²) in [5.74, 6) is -1.03. The van der Waals surface area contributed by atoms with Gasteiger partial charge in [0.15, 0.2) is 10.9 Å². The summed E-state index contributed by atoms with van der Waals surface area (Å²) in [5, 5.41) is 2.94. The quantitative estimate of drug-likeness (QED) is 0.867. The van der Waals surface area contributed by atoms with E-state index in [1.54, 1.807) is 12.1 Å². The maximum atomic E-state index is 12.5. The third-order valence-corrected chi connectivity index (χ3v) is 4.70. The Labute approximate surface area is 141 Å². The van der Waals surface area contributed by atoms with Crippen LogP contribution in [-0.4, -0.2) is 40.2 Å². The first kappa shape index (κ1) is 16.2. The van der Waals surface area contributed by atoms with E-state index in [0.29, 0.717) is 13.0 Å². The molecule has 0 bridgehead atoms. The SMILES string of the molecule is NC(=O)c1cnc(NC(=O)[C@H]2CCCCN2C(=O)c2ccco2)s1. The molecule has 24 heavy (non-hydrogen) atoms. The summed E-state index contributed by atoms with van der Waals surface area (Å²) in [5.41, 5.74) is 5.17. The summed E-state index contributed by atoms with van der Waals surface area (Å²) >= 11 is 1.00. The van der Waals surface area contributed by atoms with Crippen LogP contribution in [0.5, 0.6) is 0 Å². The summed E-state index contributed by atoms with van der Waals surface area (Å²) in [7, 11) is 0. The van der Waals surface area contributed by atoms with Gasteiger partial charge >= 0.3 is 0 Å². The molecule has 0 spiro atoms. The second-order valence-electron chi connectivity index (χ2n) is 5.37.